The fraction of sp³-hybridized carbons (Fsp3) is 0.375. The first-order valence-corrected chi connectivity index (χ1v) is 4.34. The van der Waals surface area contributed by atoms with Crippen LogP contribution in [0.1, 0.15) is 17.6 Å². The molecule has 2 aromatic rings. The number of nitrogens with two attached hydrogens (primary N) is 1. The third kappa shape index (κ3) is 1.88. The lowest BCUT2D eigenvalue weighted by Gasteiger charge is -1.98. The average molecular weight is 210 g/mol. The maximum atomic E-state index is 8.79. The molecule has 0 aromatic carbocycles. The fourth-order valence-corrected chi connectivity index (χ4v) is 1.04. The molecule has 0 aliphatic heterocycles. The van der Waals surface area contributed by atoms with Crippen LogP contribution in [0.15, 0.2) is 15.1 Å². The summed E-state index contributed by atoms with van der Waals surface area (Å²) in [5, 5.41) is 16.1. The van der Waals surface area contributed by atoms with Crippen molar-refractivity contribution in [2.45, 2.75) is 13.0 Å². The Labute approximate surface area is 84.9 Å². The fourth-order valence-electron chi connectivity index (χ4n) is 1.04. The normalized spacial score (nSPS) is 13.0. The number of hydrogen-bond acceptors (Lipinski definition) is 7. The van der Waals surface area contributed by atoms with Gasteiger partial charge in [-0.05, 0) is 6.92 Å². The molecule has 2 heterocycles. The van der Waals surface area contributed by atoms with Crippen molar-refractivity contribution in [1.29, 1.82) is 0 Å². The van der Waals surface area contributed by atoms with Crippen molar-refractivity contribution in [2.24, 2.45) is 5.73 Å². The number of hydrogen-bond donors (Lipinski definition) is 2. The first-order chi connectivity index (χ1) is 7.20. The van der Waals surface area contributed by atoms with Crippen LogP contribution in [0, 0.1) is 6.92 Å². The molecule has 0 aliphatic carbocycles. The molecular weight excluding hydrogens is 200 g/mol. The zero-order valence-corrected chi connectivity index (χ0v) is 8.04. The molecule has 0 amide bonds. The zero-order chi connectivity index (χ0) is 10.8. The number of aryl methyl sites for hydroxylation is 1. The summed E-state index contributed by atoms with van der Waals surface area (Å²) in [5.41, 5.74) is 5.97. The molecule has 2 aromatic heterocycles. The number of aliphatic hydroxyl groups excluding tert-OH is 1. The minimum Gasteiger partial charge on any atom is -0.394 e. The second kappa shape index (κ2) is 3.79. The van der Waals surface area contributed by atoms with E-state index in [9.17, 15) is 0 Å². The summed E-state index contributed by atoms with van der Waals surface area (Å²) in [7, 11) is 0. The lowest BCUT2D eigenvalue weighted by atomic mass is 10.3. The van der Waals surface area contributed by atoms with Crippen molar-refractivity contribution in [2.75, 3.05) is 6.61 Å². The SMILES string of the molecule is Cc1cc(-c2nc(C(N)CO)no2)no1. The highest BCUT2D eigenvalue weighted by Crippen LogP contribution is 2.17. The summed E-state index contributed by atoms with van der Waals surface area (Å²) in [6.07, 6.45) is 0. The van der Waals surface area contributed by atoms with Gasteiger partial charge in [-0.3, -0.25) is 0 Å². The van der Waals surface area contributed by atoms with Gasteiger partial charge in [0.25, 0.3) is 5.89 Å². The van der Waals surface area contributed by atoms with E-state index < -0.39 is 6.04 Å². The Morgan fingerprint density at radius 3 is 2.87 bits per heavy atom. The first-order valence-electron chi connectivity index (χ1n) is 4.34. The molecule has 80 valence electrons. The molecule has 0 aliphatic rings. The highest BCUT2D eigenvalue weighted by Gasteiger charge is 2.16. The minimum atomic E-state index is -0.643. The number of aliphatic hydroxyl groups is 1. The van der Waals surface area contributed by atoms with E-state index in [1.54, 1.807) is 13.0 Å². The number of rotatable bonds is 3. The molecule has 3 N–H and O–H groups in total. The van der Waals surface area contributed by atoms with Crippen LogP contribution in [0.4, 0.5) is 0 Å². The summed E-state index contributed by atoms with van der Waals surface area (Å²) >= 11 is 0. The van der Waals surface area contributed by atoms with E-state index in [1.165, 1.54) is 0 Å². The van der Waals surface area contributed by atoms with Crippen LogP contribution in [0.3, 0.4) is 0 Å². The van der Waals surface area contributed by atoms with Gasteiger partial charge in [-0.2, -0.15) is 4.98 Å². The maximum Gasteiger partial charge on any atom is 0.280 e. The van der Waals surface area contributed by atoms with E-state index in [-0.39, 0.29) is 18.3 Å². The van der Waals surface area contributed by atoms with Crippen LogP contribution >= 0.6 is 0 Å². The Bertz CT molecular complexity index is 450. The highest BCUT2D eigenvalue weighted by atomic mass is 16.5. The van der Waals surface area contributed by atoms with Crippen LogP contribution in [-0.4, -0.2) is 27.0 Å². The van der Waals surface area contributed by atoms with Gasteiger partial charge in [-0.25, -0.2) is 0 Å². The third-order valence-electron chi connectivity index (χ3n) is 1.82. The molecule has 0 saturated carbocycles. The average Bonchev–Trinajstić information content (AvgIpc) is 2.84. The van der Waals surface area contributed by atoms with E-state index >= 15 is 0 Å². The molecule has 2 rings (SSSR count). The molecule has 7 heteroatoms. The molecule has 1 unspecified atom stereocenters. The summed E-state index contributed by atoms with van der Waals surface area (Å²) in [6.45, 7) is 1.52. The van der Waals surface area contributed by atoms with Crippen molar-refractivity contribution in [3.63, 3.8) is 0 Å². The molecule has 0 bridgehead atoms. The van der Waals surface area contributed by atoms with Crippen molar-refractivity contribution < 1.29 is 14.2 Å². The van der Waals surface area contributed by atoms with Gasteiger partial charge < -0.3 is 19.9 Å². The van der Waals surface area contributed by atoms with E-state index in [0.717, 1.165) is 0 Å². The maximum absolute atomic E-state index is 8.79. The molecule has 0 fully saturated rings. The molecule has 15 heavy (non-hydrogen) atoms. The zero-order valence-electron chi connectivity index (χ0n) is 8.04. The van der Waals surface area contributed by atoms with Crippen LogP contribution in [0.25, 0.3) is 11.6 Å². The summed E-state index contributed by atoms with van der Waals surface area (Å²) in [6, 6.07) is 1.03. The van der Waals surface area contributed by atoms with E-state index in [1.807, 2.05) is 0 Å². The molecule has 7 nitrogen and oxygen atoms in total. The van der Waals surface area contributed by atoms with Crippen molar-refractivity contribution in [3.8, 4) is 11.6 Å². The van der Waals surface area contributed by atoms with E-state index in [2.05, 4.69) is 15.3 Å². The monoisotopic (exact) mass is 210 g/mol. The molecule has 1 atom stereocenters. The molecule has 0 saturated heterocycles. The van der Waals surface area contributed by atoms with Crippen LogP contribution in [0.2, 0.25) is 0 Å². The van der Waals surface area contributed by atoms with Gasteiger partial charge in [0.15, 0.2) is 11.5 Å². The second-order valence-corrected chi connectivity index (χ2v) is 3.07. The second-order valence-electron chi connectivity index (χ2n) is 3.07. The third-order valence-corrected chi connectivity index (χ3v) is 1.82. The quantitative estimate of drug-likeness (QED) is 0.734. The minimum absolute atomic E-state index is 0.228. The Balaban J connectivity index is 2.27. The van der Waals surface area contributed by atoms with Crippen LogP contribution in [0.5, 0.6) is 0 Å². The Morgan fingerprint density at radius 2 is 2.27 bits per heavy atom. The molecule has 0 spiro atoms. The highest BCUT2D eigenvalue weighted by molar-refractivity contribution is 5.45. The molecule has 0 radical (unpaired) electrons. The van der Waals surface area contributed by atoms with Crippen LogP contribution in [-0.2, 0) is 0 Å². The Kier molecular flexibility index (Phi) is 2.48. The first kappa shape index (κ1) is 9.81. The van der Waals surface area contributed by atoms with Gasteiger partial charge in [0, 0.05) is 6.07 Å². The van der Waals surface area contributed by atoms with E-state index in [0.29, 0.717) is 11.5 Å². The summed E-state index contributed by atoms with van der Waals surface area (Å²) in [4.78, 5) is 3.98. The Hall–Kier alpha value is -1.73. The standard InChI is InChI=1S/C8H10N4O3/c1-4-2-6(11-14-4)8-10-7(12-15-8)5(9)3-13/h2,5,13H,3,9H2,1H3. The largest absolute Gasteiger partial charge is 0.394 e. The van der Waals surface area contributed by atoms with Crippen molar-refractivity contribution >= 4 is 0 Å². The van der Waals surface area contributed by atoms with Gasteiger partial charge in [-0.1, -0.05) is 10.3 Å². The van der Waals surface area contributed by atoms with Gasteiger partial charge in [0.05, 0.1) is 12.6 Å². The lowest BCUT2D eigenvalue weighted by Crippen LogP contribution is -2.15. The topological polar surface area (TPSA) is 111 Å². The van der Waals surface area contributed by atoms with Gasteiger partial charge in [0.2, 0.25) is 0 Å². The smallest absolute Gasteiger partial charge is 0.280 e. The van der Waals surface area contributed by atoms with Gasteiger partial charge in [0.1, 0.15) is 5.76 Å². The predicted molar refractivity (Wildman–Crippen MR) is 48.5 cm³/mol. The molecular formula is C8H10N4O3. The Morgan fingerprint density at radius 1 is 1.47 bits per heavy atom. The van der Waals surface area contributed by atoms with Gasteiger partial charge >= 0.3 is 0 Å². The lowest BCUT2D eigenvalue weighted by molar-refractivity contribution is 0.260. The number of nitrogens with zero attached hydrogens (tertiary/aromatic N) is 3. The van der Waals surface area contributed by atoms with Gasteiger partial charge in [-0.15, -0.1) is 0 Å². The predicted octanol–water partition coefficient (Wildman–Crippen LogP) is 0.0251. The van der Waals surface area contributed by atoms with Crippen molar-refractivity contribution in [3.05, 3.63) is 17.7 Å². The van der Waals surface area contributed by atoms with Crippen LogP contribution < -0.4 is 5.73 Å². The number of aromatic nitrogens is 3. The van der Waals surface area contributed by atoms with E-state index in [4.69, 9.17) is 19.9 Å². The summed E-state index contributed by atoms with van der Waals surface area (Å²) < 4.78 is 9.77. The summed E-state index contributed by atoms with van der Waals surface area (Å²) in [5.74, 6) is 1.12. The van der Waals surface area contributed by atoms with Crippen molar-refractivity contribution in [1.82, 2.24) is 15.3 Å².